The maximum Gasteiger partial charge on any atom is 0.227 e. The molecule has 0 aliphatic heterocycles. The second-order valence-corrected chi connectivity index (χ2v) is 38.6. The first-order valence-electron chi connectivity index (χ1n) is 47.5. The molecule has 0 fully saturated rings. The third-order valence-electron chi connectivity index (χ3n) is 27.8. The fourth-order valence-electron chi connectivity index (χ4n) is 20.8. The number of oxazole rings is 1. The van der Waals surface area contributed by atoms with Crippen molar-refractivity contribution in [3.63, 3.8) is 0 Å². The summed E-state index contributed by atoms with van der Waals surface area (Å²) in [6.45, 7) is 4.74. The van der Waals surface area contributed by atoms with E-state index < -0.39 is 0 Å². The van der Waals surface area contributed by atoms with Crippen molar-refractivity contribution >= 4 is 185 Å². The van der Waals surface area contributed by atoms with Gasteiger partial charge in [0.05, 0.1) is 31.8 Å². The third kappa shape index (κ3) is 15.0. The number of aromatic nitrogens is 5. The summed E-state index contributed by atoms with van der Waals surface area (Å²) in [5, 5.41) is 23.7. The highest BCUT2D eigenvalue weighted by Gasteiger charge is 2.37. The molecule has 0 N–H and O–H groups in total. The zero-order chi connectivity index (χ0) is 92.9. The molecular formula is C130H85N7OS2. The Morgan fingerprint density at radius 3 is 1.24 bits per heavy atom. The Kier molecular flexibility index (Phi) is 20.5. The quantitative estimate of drug-likeness (QED) is 0.106. The van der Waals surface area contributed by atoms with Crippen molar-refractivity contribution in [2.24, 2.45) is 0 Å². The maximum absolute atomic E-state index is 6.41. The van der Waals surface area contributed by atoms with Crippen molar-refractivity contribution in [2.45, 2.75) is 19.3 Å². The number of thiazole rings is 2. The molecule has 658 valence electrons. The zero-order valence-corrected chi connectivity index (χ0v) is 78.1. The van der Waals surface area contributed by atoms with Crippen LogP contribution in [0.3, 0.4) is 0 Å². The van der Waals surface area contributed by atoms with Crippen LogP contribution in [0, 0.1) is 0 Å². The van der Waals surface area contributed by atoms with Crippen molar-refractivity contribution in [3.8, 4) is 88.8 Å². The second-order valence-electron chi connectivity index (χ2n) is 36.5. The van der Waals surface area contributed by atoms with Crippen LogP contribution >= 0.6 is 22.7 Å². The minimum Gasteiger partial charge on any atom is -0.435 e. The normalized spacial score (nSPS) is 12.1. The SMILES string of the molecule is CC1(C)c2cc(N(c3ccccc3)c3ccc4c(ccc5ccc6sc(-c7ccccc7)nc6c54)c3)ccc2-c2c1ccc1ccccc21.c1ccc(-c2cc(-c3ccc4ccccc4c3)nc(-c3ccc4c(ccc5ccc6nc(-c7ccccc7)oc6c54)c3)n2)cc1.c1ccc(-c2nc3c(ccc4ccc5cc(-c6ccc(N(c7ccccc7)c7ccc8ccccc8c7)cc6)ccc5c43)s2)cc1. The largest absolute Gasteiger partial charge is 0.435 e. The summed E-state index contributed by atoms with van der Waals surface area (Å²) < 4.78 is 8.84. The van der Waals surface area contributed by atoms with Crippen molar-refractivity contribution in [1.29, 1.82) is 0 Å². The highest BCUT2D eigenvalue weighted by atomic mass is 32.1. The van der Waals surface area contributed by atoms with Crippen LogP contribution in [0.15, 0.2) is 484 Å². The molecule has 27 aromatic rings. The number of nitrogens with zero attached hydrogens (tertiary/aromatic N) is 7. The lowest BCUT2D eigenvalue weighted by Crippen LogP contribution is -2.16. The summed E-state index contributed by atoms with van der Waals surface area (Å²) in [6.07, 6.45) is 0. The van der Waals surface area contributed by atoms with Crippen molar-refractivity contribution in [3.05, 3.63) is 490 Å². The first kappa shape index (κ1) is 83.0. The minimum absolute atomic E-state index is 0.118. The standard InChI is InChI=1S/C46H32N2S.C43H28N2S.C41H25N3O/c1-46(2)39-25-19-29-11-9-10-16-36(29)43(39)38-24-22-35(28-40(38)46)48(33-14-7-4-8-15-33)34-21-23-37-32(27-34)18-17-30-20-26-41-44(42(30)37)47-45(49-41)31-12-5-3-6-13-31;1-3-10-32(11-4-1)43-44-42-40(46-43)26-21-31-15-16-35-27-34(20-25-39(35)41(31)42)30-17-22-37(23-18-30)45(36-13-5-2-6-14-36)38-24-19-29-9-7-8-12-33(29)28-38;1-3-10-27(11-4-1)36-25-37(32-18-15-26-9-7-8-14-30(26)23-32)43-40(42-36)33-19-21-34-31(24-33)17-16-28-20-22-35-39(38(28)34)45-41(44-35)29-12-5-2-6-13-29/h3-28H,1-2H3;1-28H;1-25H. The van der Waals surface area contributed by atoms with E-state index >= 15 is 0 Å². The Hall–Kier alpha value is -17.7. The highest BCUT2D eigenvalue weighted by Crippen LogP contribution is 2.54. The molecule has 10 heteroatoms. The van der Waals surface area contributed by atoms with Gasteiger partial charge in [0.2, 0.25) is 5.89 Å². The van der Waals surface area contributed by atoms with Gasteiger partial charge in [-0.05, 0) is 242 Å². The Labute approximate surface area is 816 Å². The first-order valence-corrected chi connectivity index (χ1v) is 49.1. The van der Waals surface area contributed by atoms with E-state index in [9.17, 15) is 0 Å². The number of rotatable bonds is 13. The fourth-order valence-corrected chi connectivity index (χ4v) is 22.8. The van der Waals surface area contributed by atoms with E-state index in [1.54, 1.807) is 22.7 Å². The summed E-state index contributed by atoms with van der Waals surface area (Å²) in [6, 6.07) is 171. The van der Waals surface area contributed by atoms with Crippen LogP contribution in [0.1, 0.15) is 25.0 Å². The number of hydrogen-bond donors (Lipinski definition) is 0. The molecule has 0 amide bonds. The van der Waals surface area contributed by atoms with Gasteiger partial charge in [0.15, 0.2) is 11.4 Å². The first-order chi connectivity index (χ1) is 69.1. The molecule has 8 nitrogen and oxygen atoms in total. The van der Waals surface area contributed by atoms with Gasteiger partial charge in [-0.3, -0.25) is 0 Å². The minimum atomic E-state index is -0.118. The molecule has 23 aromatic carbocycles. The van der Waals surface area contributed by atoms with E-state index in [1.165, 1.54) is 118 Å². The Morgan fingerprint density at radius 1 is 0.236 bits per heavy atom. The molecular weight excluding hydrogens is 1740 g/mol. The second kappa shape index (κ2) is 34.6. The molecule has 0 bridgehead atoms. The molecule has 0 spiro atoms. The number of fused-ring (bicyclic) bond motifs is 22. The average Bonchev–Trinajstić information content (AvgIpc) is 1.56. The van der Waals surface area contributed by atoms with Crippen molar-refractivity contribution in [1.82, 2.24) is 24.9 Å². The summed E-state index contributed by atoms with van der Waals surface area (Å²) in [5.41, 5.74) is 26.5. The van der Waals surface area contributed by atoms with Crippen molar-refractivity contribution < 1.29 is 4.42 Å². The Morgan fingerprint density at radius 2 is 0.629 bits per heavy atom. The summed E-state index contributed by atoms with van der Waals surface area (Å²) in [4.78, 5) is 30.1. The molecule has 4 heterocycles. The third-order valence-corrected chi connectivity index (χ3v) is 29.9. The Bertz CT molecular complexity index is 9540. The molecule has 4 aromatic heterocycles. The maximum atomic E-state index is 6.41. The molecule has 1 aliphatic rings. The van der Waals surface area contributed by atoms with Crippen LogP contribution in [0.5, 0.6) is 0 Å². The van der Waals surface area contributed by atoms with Crippen LogP contribution in [-0.2, 0) is 5.41 Å². The van der Waals surface area contributed by atoms with Gasteiger partial charge in [-0.2, -0.15) is 0 Å². The topological polar surface area (TPSA) is 84.1 Å². The molecule has 1 aliphatic carbocycles. The molecule has 28 rings (SSSR count). The highest BCUT2D eigenvalue weighted by molar-refractivity contribution is 7.22. The van der Waals surface area contributed by atoms with Gasteiger partial charge in [0, 0.05) is 89.1 Å². The van der Waals surface area contributed by atoms with Crippen LogP contribution in [0.2, 0.25) is 0 Å². The van der Waals surface area contributed by atoms with Crippen LogP contribution in [0.25, 0.3) is 217 Å². The predicted octanol–water partition coefficient (Wildman–Crippen LogP) is 36.5. The molecule has 0 saturated carbocycles. The molecule has 0 unspecified atom stereocenters. The lowest BCUT2D eigenvalue weighted by atomic mass is 9.82. The van der Waals surface area contributed by atoms with E-state index in [1.807, 2.05) is 54.6 Å². The summed E-state index contributed by atoms with van der Waals surface area (Å²) >= 11 is 3.52. The van der Waals surface area contributed by atoms with E-state index in [0.717, 1.165) is 133 Å². The van der Waals surface area contributed by atoms with E-state index in [4.69, 9.17) is 29.3 Å². The number of benzene rings is 23. The predicted molar refractivity (Wildman–Crippen MR) is 591 cm³/mol. The molecule has 140 heavy (non-hydrogen) atoms. The number of para-hydroxylation sites is 2. The fraction of sp³-hybridized carbons (Fsp3) is 0.0231. The molecule has 0 saturated heterocycles. The zero-order valence-electron chi connectivity index (χ0n) is 76.5. The van der Waals surface area contributed by atoms with Crippen molar-refractivity contribution in [2.75, 3.05) is 9.80 Å². The summed E-state index contributed by atoms with van der Waals surface area (Å²) in [7, 11) is 0. The molecule has 0 atom stereocenters. The van der Waals surface area contributed by atoms with Gasteiger partial charge < -0.3 is 14.2 Å². The lowest BCUT2D eigenvalue weighted by Gasteiger charge is -2.28. The van der Waals surface area contributed by atoms with Gasteiger partial charge in [-0.1, -0.05) is 366 Å². The Balaban J connectivity index is 0.000000108. The van der Waals surface area contributed by atoms with Gasteiger partial charge >= 0.3 is 0 Å². The van der Waals surface area contributed by atoms with Crippen LogP contribution in [-0.4, -0.2) is 24.9 Å². The summed E-state index contributed by atoms with van der Waals surface area (Å²) in [5.74, 6) is 1.31. The lowest BCUT2D eigenvalue weighted by molar-refractivity contribution is 0.623. The monoisotopic (exact) mass is 1820 g/mol. The smallest absolute Gasteiger partial charge is 0.227 e. The van der Waals surface area contributed by atoms with Gasteiger partial charge in [0.1, 0.15) is 15.5 Å². The van der Waals surface area contributed by atoms with Crippen LogP contribution in [0.4, 0.5) is 34.1 Å². The van der Waals surface area contributed by atoms with Gasteiger partial charge in [-0.25, -0.2) is 24.9 Å². The van der Waals surface area contributed by atoms with E-state index in [2.05, 4.69) is 448 Å². The van der Waals surface area contributed by atoms with E-state index in [-0.39, 0.29) is 5.41 Å². The number of anilines is 6. The van der Waals surface area contributed by atoms with Crippen LogP contribution < -0.4 is 9.80 Å². The number of hydrogen-bond acceptors (Lipinski definition) is 10. The van der Waals surface area contributed by atoms with Gasteiger partial charge in [0.25, 0.3) is 0 Å². The molecule has 0 radical (unpaired) electrons. The average molecular weight is 1830 g/mol. The van der Waals surface area contributed by atoms with Gasteiger partial charge in [-0.15, -0.1) is 22.7 Å². The van der Waals surface area contributed by atoms with E-state index in [0.29, 0.717) is 11.7 Å².